The summed E-state index contributed by atoms with van der Waals surface area (Å²) in [4.78, 5) is 3.33. The Labute approximate surface area is 172 Å². The van der Waals surface area contributed by atoms with E-state index in [0.717, 1.165) is 33.6 Å². The number of para-hydroxylation sites is 1. The van der Waals surface area contributed by atoms with E-state index in [1.165, 1.54) is 18.2 Å². The number of ether oxygens (including phenoxy) is 1. The zero-order valence-corrected chi connectivity index (χ0v) is 16.5. The molecule has 2 aromatic carbocycles. The summed E-state index contributed by atoms with van der Waals surface area (Å²) < 4.78 is 8.07. The standard InChI is InChI=1S/C22H19N5OS/c23-13-15-5-9-17(10-6-15)28-11-12-29-22-26-25-21(27(22)16-7-8-16)19-14-24-20-4-2-1-3-18(19)20/h1-6,9-10,14,16,24H,7-8,11-12H2. The molecular formula is C22H19N5OS. The minimum absolute atomic E-state index is 0.482. The molecule has 0 bridgehead atoms. The number of nitrogens with zero attached hydrogens (tertiary/aromatic N) is 4. The van der Waals surface area contributed by atoms with Crippen molar-refractivity contribution < 1.29 is 4.74 Å². The predicted molar refractivity (Wildman–Crippen MR) is 113 cm³/mol. The zero-order valence-electron chi connectivity index (χ0n) is 15.7. The first kappa shape index (κ1) is 17.8. The van der Waals surface area contributed by atoms with Gasteiger partial charge >= 0.3 is 0 Å². The van der Waals surface area contributed by atoms with Crippen LogP contribution in [-0.2, 0) is 0 Å². The first-order valence-electron chi connectivity index (χ1n) is 9.60. The molecule has 1 N–H and O–H groups in total. The lowest BCUT2D eigenvalue weighted by Crippen LogP contribution is -2.03. The largest absolute Gasteiger partial charge is 0.493 e. The number of H-pyrrole nitrogens is 1. The molecule has 0 radical (unpaired) electrons. The fourth-order valence-corrected chi connectivity index (χ4v) is 4.22. The van der Waals surface area contributed by atoms with Gasteiger partial charge in [0.15, 0.2) is 11.0 Å². The molecule has 29 heavy (non-hydrogen) atoms. The van der Waals surface area contributed by atoms with Gasteiger partial charge in [-0.3, -0.25) is 4.57 Å². The van der Waals surface area contributed by atoms with Gasteiger partial charge in [0, 0.05) is 34.5 Å². The molecule has 6 nitrogen and oxygen atoms in total. The molecule has 1 saturated carbocycles. The van der Waals surface area contributed by atoms with Crippen molar-refractivity contribution >= 4 is 22.7 Å². The quantitative estimate of drug-likeness (QED) is 0.355. The van der Waals surface area contributed by atoms with Crippen molar-refractivity contribution in [3.8, 4) is 23.2 Å². The van der Waals surface area contributed by atoms with Crippen LogP contribution in [0.4, 0.5) is 0 Å². The van der Waals surface area contributed by atoms with Gasteiger partial charge in [-0.15, -0.1) is 10.2 Å². The molecule has 144 valence electrons. The number of benzene rings is 2. The number of aromatic nitrogens is 4. The predicted octanol–water partition coefficient (Wildman–Crippen LogP) is 4.80. The highest BCUT2D eigenvalue weighted by molar-refractivity contribution is 7.99. The third-order valence-electron chi connectivity index (χ3n) is 4.97. The molecule has 0 aliphatic heterocycles. The van der Waals surface area contributed by atoms with Crippen molar-refractivity contribution in [3.63, 3.8) is 0 Å². The maximum absolute atomic E-state index is 8.86. The zero-order chi connectivity index (χ0) is 19.6. The number of hydrogen-bond donors (Lipinski definition) is 1. The van der Waals surface area contributed by atoms with Crippen molar-refractivity contribution in [2.24, 2.45) is 0 Å². The molecule has 0 atom stereocenters. The van der Waals surface area contributed by atoms with Crippen LogP contribution in [0, 0.1) is 11.3 Å². The van der Waals surface area contributed by atoms with Crippen LogP contribution in [0.2, 0.25) is 0 Å². The van der Waals surface area contributed by atoms with E-state index in [4.69, 9.17) is 10.00 Å². The average molecular weight is 401 g/mol. The molecule has 0 saturated heterocycles. The number of rotatable bonds is 7. The molecule has 2 aromatic heterocycles. The third-order valence-corrected chi connectivity index (χ3v) is 5.88. The van der Waals surface area contributed by atoms with Crippen LogP contribution < -0.4 is 4.74 Å². The fourth-order valence-electron chi connectivity index (χ4n) is 3.40. The Bertz CT molecular complexity index is 1180. The van der Waals surface area contributed by atoms with Gasteiger partial charge in [0.1, 0.15) is 5.75 Å². The monoisotopic (exact) mass is 401 g/mol. The highest BCUT2D eigenvalue weighted by Crippen LogP contribution is 2.42. The Morgan fingerprint density at radius 3 is 2.76 bits per heavy atom. The van der Waals surface area contributed by atoms with E-state index < -0.39 is 0 Å². The SMILES string of the molecule is N#Cc1ccc(OCCSc2nnc(-c3c[nH]c4ccccc34)n2C2CC2)cc1. The molecule has 5 rings (SSSR count). The Hall–Kier alpha value is -3.24. The molecule has 1 aliphatic carbocycles. The van der Waals surface area contributed by atoms with Crippen molar-refractivity contribution in [1.82, 2.24) is 19.7 Å². The maximum atomic E-state index is 8.86. The number of nitriles is 1. The molecule has 1 aliphatic rings. The first-order valence-corrected chi connectivity index (χ1v) is 10.6. The van der Waals surface area contributed by atoms with Gasteiger partial charge in [0.25, 0.3) is 0 Å². The Morgan fingerprint density at radius 2 is 1.97 bits per heavy atom. The maximum Gasteiger partial charge on any atom is 0.191 e. The lowest BCUT2D eigenvalue weighted by atomic mass is 10.1. The highest BCUT2D eigenvalue weighted by Gasteiger charge is 2.30. The second-order valence-corrected chi connectivity index (χ2v) is 8.05. The van der Waals surface area contributed by atoms with E-state index in [1.807, 2.05) is 30.5 Å². The number of fused-ring (bicyclic) bond motifs is 1. The van der Waals surface area contributed by atoms with Gasteiger partial charge in [0.05, 0.1) is 18.2 Å². The van der Waals surface area contributed by atoms with E-state index in [1.54, 1.807) is 23.9 Å². The van der Waals surface area contributed by atoms with Crippen LogP contribution in [-0.4, -0.2) is 32.1 Å². The minimum atomic E-state index is 0.482. The normalized spacial score (nSPS) is 13.5. The van der Waals surface area contributed by atoms with Gasteiger partial charge < -0.3 is 9.72 Å². The van der Waals surface area contributed by atoms with Crippen molar-refractivity contribution in [3.05, 3.63) is 60.3 Å². The van der Waals surface area contributed by atoms with E-state index in [-0.39, 0.29) is 0 Å². The van der Waals surface area contributed by atoms with Crippen LogP contribution >= 0.6 is 11.8 Å². The van der Waals surface area contributed by atoms with Crippen molar-refractivity contribution in [1.29, 1.82) is 5.26 Å². The lowest BCUT2D eigenvalue weighted by Gasteiger charge is -2.09. The average Bonchev–Trinajstić information content (AvgIpc) is 3.38. The summed E-state index contributed by atoms with van der Waals surface area (Å²) in [6, 6.07) is 18.0. The number of aromatic amines is 1. The van der Waals surface area contributed by atoms with Gasteiger partial charge in [-0.25, -0.2) is 0 Å². The Kier molecular flexibility index (Phi) is 4.70. The van der Waals surface area contributed by atoms with Gasteiger partial charge in [-0.1, -0.05) is 30.0 Å². The third kappa shape index (κ3) is 3.59. The topological polar surface area (TPSA) is 79.5 Å². The fraction of sp³-hybridized carbons (Fsp3) is 0.227. The molecule has 0 unspecified atom stereocenters. The Morgan fingerprint density at radius 1 is 1.14 bits per heavy atom. The summed E-state index contributed by atoms with van der Waals surface area (Å²) in [6.07, 6.45) is 4.36. The van der Waals surface area contributed by atoms with Crippen LogP contribution in [0.1, 0.15) is 24.4 Å². The highest BCUT2D eigenvalue weighted by atomic mass is 32.2. The molecule has 0 spiro atoms. The summed E-state index contributed by atoms with van der Waals surface area (Å²) in [5, 5.41) is 20.0. The van der Waals surface area contributed by atoms with Crippen LogP contribution in [0.3, 0.4) is 0 Å². The van der Waals surface area contributed by atoms with Crippen molar-refractivity contribution in [2.45, 2.75) is 24.0 Å². The first-order chi connectivity index (χ1) is 14.3. The summed E-state index contributed by atoms with van der Waals surface area (Å²) >= 11 is 1.67. The number of thioether (sulfide) groups is 1. The van der Waals surface area contributed by atoms with Crippen molar-refractivity contribution in [2.75, 3.05) is 12.4 Å². The van der Waals surface area contributed by atoms with E-state index >= 15 is 0 Å². The van der Waals surface area contributed by atoms with Crippen LogP contribution in [0.25, 0.3) is 22.3 Å². The summed E-state index contributed by atoms with van der Waals surface area (Å²) in [5.41, 5.74) is 2.84. The molecule has 2 heterocycles. The van der Waals surface area contributed by atoms with E-state index in [2.05, 4.69) is 38.0 Å². The van der Waals surface area contributed by atoms with Gasteiger partial charge in [0.2, 0.25) is 0 Å². The number of nitrogens with one attached hydrogen (secondary N) is 1. The van der Waals surface area contributed by atoms with E-state index in [0.29, 0.717) is 18.2 Å². The molecule has 1 fully saturated rings. The Balaban J connectivity index is 1.30. The van der Waals surface area contributed by atoms with E-state index in [9.17, 15) is 0 Å². The second-order valence-electron chi connectivity index (χ2n) is 6.99. The van der Waals surface area contributed by atoms with Crippen LogP contribution in [0.15, 0.2) is 59.9 Å². The molecule has 4 aromatic rings. The smallest absolute Gasteiger partial charge is 0.191 e. The number of hydrogen-bond acceptors (Lipinski definition) is 5. The summed E-state index contributed by atoms with van der Waals surface area (Å²) in [6.45, 7) is 0.566. The minimum Gasteiger partial charge on any atom is -0.493 e. The summed E-state index contributed by atoms with van der Waals surface area (Å²) in [5.74, 6) is 2.48. The van der Waals surface area contributed by atoms with Gasteiger partial charge in [-0.2, -0.15) is 5.26 Å². The lowest BCUT2D eigenvalue weighted by molar-refractivity contribution is 0.344. The van der Waals surface area contributed by atoms with Gasteiger partial charge in [-0.05, 0) is 43.2 Å². The second kappa shape index (κ2) is 7.64. The molecular weight excluding hydrogens is 382 g/mol. The van der Waals surface area contributed by atoms with Crippen LogP contribution in [0.5, 0.6) is 5.75 Å². The molecule has 7 heteroatoms. The summed E-state index contributed by atoms with van der Waals surface area (Å²) in [7, 11) is 0. The molecule has 0 amide bonds.